The van der Waals surface area contributed by atoms with Crippen molar-refractivity contribution in [2.75, 3.05) is 39.4 Å². The van der Waals surface area contributed by atoms with Gasteiger partial charge in [0.05, 0.1) is 13.2 Å². The molecule has 0 saturated carbocycles. The number of ether oxygens (including phenoxy) is 1. The highest BCUT2D eigenvalue weighted by Gasteiger charge is 2.19. The van der Waals surface area contributed by atoms with Gasteiger partial charge in [-0.1, -0.05) is 62.7 Å². The van der Waals surface area contributed by atoms with Crippen LogP contribution < -0.4 is 0 Å². The first kappa shape index (κ1) is 21.5. The SMILES string of the molecule is Cc1ccc(C(=O)N(CCN2CCOCC2)Cc2ccc(C(C)(C)C)cc2)cc1. The zero-order valence-corrected chi connectivity index (χ0v) is 18.3. The minimum atomic E-state index is 0.0955. The Morgan fingerprint density at radius 2 is 1.62 bits per heavy atom. The normalized spacial score (nSPS) is 15.3. The zero-order chi connectivity index (χ0) is 20.9. The van der Waals surface area contributed by atoms with Crippen LogP contribution >= 0.6 is 0 Å². The molecule has 4 nitrogen and oxygen atoms in total. The summed E-state index contributed by atoms with van der Waals surface area (Å²) in [5.74, 6) is 0.0955. The summed E-state index contributed by atoms with van der Waals surface area (Å²) in [6.07, 6.45) is 0. The molecular weight excluding hydrogens is 360 g/mol. The lowest BCUT2D eigenvalue weighted by atomic mass is 9.87. The molecule has 3 rings (SSSR count). The summed E-state index contributed by atoms with van der Waals surface area (Å²) in [6, 6.07) is 16.6. The number of rotatable bonds is 6. The van der Waals surface area contributed by atoms with E-state index in [1.165, 1.54) is 16.7 Å². The Morgan fingerprint density at radius 3 is 2.21 bits per heavy atom. The van der Waals surface area contributed by atoms with Gasteiger partial charge in [0.25, 0.3) is 5.91 Å². The first-order valence-corrected chi connectivity index (χ1v) is 10.6. The van der Waals surface area contributed by atoms with Gasteiger partial charge >= 0.3 is 0 Å². The molecule has 29 heavy (non-hydrogen) atoms. The van der Waals surface area contributed by atoms with Gasteiger partial charge in [-0.05, 0) is 35.6 Å². The zero-order valence-electron chi connectivity index (χ0n) is 18.3. The van der Waals surface area contributed by atoms with Crippen LogP contribution in [0, 0.1) is 6.92 Å². The second-order valence-electron chi connectivity index (χ2n) is 8.99. The number of benzene rings is 2. The maximum Gasteiger partial charge on any atom is 0.254 e. The Labute approximate surface area is 175 Å². The lowest BCUT2D eigenvalue weighted by Crippen LogP contribution is -2.42. The van der Waals surface area contributed by atoms with Gasteiger partial charge in [0.15, 0.2) is 0 Å². The van der Waals surface area contributed by atoms with Crippen molar-refractivity contribution < 1.29 is 9.53 Å². The van der Waals surface area contributed by atoms with Crippen LogP contribution in [0.1, 0.15) is 47.8 Å². The molecule has 1 fully saturated rings. The second-order valence-corrected chi connectivity index (χ2v) is 8.99. The average Bonchev–Trinajstić information content (AvgIpc) is 2.71. The fraction of sp³-hybridized carbons (Fsp3) is 0.480. The number of hydrogen-bond acceptors (Lipinski definition) is 3. The lowest BCUT2D eigenvalue weighted by molar-refractivity contribution is 0.0320. The molecule has 1 aliphatic rings. The third kappa shape index (κ3) is 6.15. The van der Waals surface area contributed by atoms with Crippen LogP contribution in [-0.2, 0) is 16.7 Å². The smallest absolute Gasteiger partial charge is 0.254 e. The summed E-state index contributed by atoms with van der Waals surface area (Å²) in [5, 5.41) is 0. The number of nitrogens with zero attached hydrogens (tertiary/aromatic N) is 2. The van der Waals surface area contributed by atoms with Gasteiger partial charge in [-0.2, -0.15) is 0 Å². The molecule has 0 atom stereocenters. The fourth-order valence-corrected chi connectivity index (χ4v) is 3.55. The van der Waals surface area contributed by atoms with E-state index in [0.717, 1.165) is 38.4 Å². The van der Waals surface area contributed by atoms with Crippen molar-refractivity contribution in [2.45, 2.75) is 39.7 Å². The minimum absolute atomic E-state index is 0.0955. The van der Waals surface area contributed by atoms with E-state index in [0.29, 0.717) is 13.1 Å². The molecule has 2 aromatic rings. The first-order valence-electron chi connectivity index (χ1n) is 10.6. The molecule has 1 amide bonds. The van der Waals surface area contributed by atoms with Crippen molar-refractivity contribution in [1.29, 1.82) is 0 Å². The summed E-state index contributed by atoms with van der Waals surface area (Å²) in [7, 11) is 0. The van der Waals surface area contributed by atoms with E-state index in [4.69, 9.17) is 4.74 Å². The van der Waals surface area contributed by atoms with Gasteiger partial charge in [0, 0.05) is 38.3 Å². The molecule has 1 saturated heterocycles. The van der Waals surface area contributed by atoms with E-state index in [-0.39, 0.29) is 11.3 Å². The van der Waals surface area contributed by atoms with Gasteiger partial charge in [-0.3, -0.25) is 9.69 Å². The highest BCUT2D eigenvalue weighted by molar-refractivity contribution is 5.94. The van der Waals surface area contributed by atoms with Crippen molar-refractivity contribution in [2.24, 2.45) is 0 Å². The molecule has 4 heteroatoms. The third-order valence-electron chi connectivity index (χ3n) is 5.57. The summed E-state index contributed by atoms with van der Waals surface area (Å²) < 4.78 is 5.45. The highest BCUT2D eigenvalue weighted by Crippen LogP contribution is 2.23. The maximum atomic E-state index is 13.2. The molecule has 0 bridgehead atoms. The molecule has 0 spiro atoms. The Kier molecular flexibility index (Phi) is 7.09. The molecule has 0 aromatic heterocycles. The molecule has 1 heterocycles. The minimum Gasteiger partial charge on any atom is -0.379 e. The summed E-state index contributed by atoms with van der Waals surface area (Å²) >= 11 is 0. The average molecular weight is 395 g/mol. The maximum absolute atomic E-state index is 13.2. The summed E-state index contributed by atoms with van der Waals surface area (Å²) in [6.45, 7) is 14.4. The van der Waals surface area contributed by atoms with Gasteiger partial charge in [0.2, 0.25) is 0 Å². The summed E-state index contributed by atoms with van der Waals surface area (Å²) in [4.78, 5) is 17.6. The standard InChI is InChI=1S/C25H34N2O2/c1-20-5-9-22(10-6-20)24(28)27(14-13-26-15-17-29-18-16-26)19-21-7-11-23(12-8-21)25(2,3)4/h5-12H,13-19H2,1-4H3. The lowest BCUT2D eigenvalue weighted by Gasteiger charge is -2.30. The van der Waals surface area contributed by atoms with Crippen LogP contribution in [0.15, 0.2) is 48.5 Å². The van der Waals surface area contributed by atoms with Crippen LogP contribution in [0.4, 0.5) is 0 Å². The number of carbonyl (C=O) groups excluding carboxylic acids is 1. The van der Waals surface area contributed by atoms with Crippen LogP contribution in [0.5, 0.6) is 0 Å². The summed E-state index contributed by atoms with van der Waals surface area (Å²) in [5.41, 5.74) is 4.53. The van der Waals surface area contributed by atoms with Gasteiger partial charge in [-0.25, -0.2) is 0 Å². The molecule has 0 N–H and O–H groups in total. The van der Waals surface area contributed by atoms with Crippen molar-refractivity contribution in [1.82, 2.24) is 9.80 Å². The number of morpholine rings is 1. The van der Waals surface area contributed by atoms with E-state index in [1.807, 2.05) is 36.1 Å². The van der Waals surface area contributed by atoms with E-state index in [2.05, 4.69) is 49.9 Å². The van der Waals surface area contributed by atoms with Crippen LogP contribution in [0.25, 0.3) is 0 Å². The van der Waals surface area contributed by atoms with E-state index in [9.17, 15) is 4.79 Å². The largest absolute Gasteiger partial charge is 0.379 e. The van der Waals surface area contributed by atoms with Gasteiger partial charge in [0.1, 0.15) is 0 Å². The topological polar surface area (TPSA) is 32.8 Å². The highest BCUT2D eigenvalue weighted by atomic mass is 16.5. The quantitative estimate of drug-likeness (QED) is 0.734. The molecule has 156 valence electrons. The van der Waals surface area contributed by atoms with Crippen LogP contribution in [0.2, 0.25) is 0 Å². The molecule has 2 aromatic carbocycles. The molecule has 0 radical (unpaired) electrons. The van der Waals surface area contributed by atoms with Crippen LogP contribution in [-0.4, -0.2) is 55.1 Å². The predicted octanol–water partition coefficient (Wildman–Crippen LogP) is 4.27. The third-order valence-corrected chi connectivity index (χ3v) is 5.57. The Bertz CT molecular complexity index is 785. The molecule has 0 aliphatic carbocycles. The Balaban J connectivity index is 1.74. The molecule has 0 unspecified atom stereocenters. The van der Waals surface area contributed by atoms with Crippen molar-refractivity contribution in [3.63, 3.8) is 0 Å². The van der Waals surface area contributed by atoms with E-state index in [1.54, 1.807) is 0 Å². The van der Waals surface area contributed by atoms with Gasteiger partial charge in [-0.15, -0.1) is 0 Å². The fourth-order valence-electron chi connectivity index (χ4n) is 3.55. The van der Waals surface area contributed by atoms with Crippen molar-refractivity contribution in [3.05, 3.63) is 70.8 Å². The molecule has 1 aliphatic heterocycles. The Morgan fingerprint density at radius 1 is 1.00 bits per heavy atom. The number of amides is 1. The van der Waals surface area contributed by atoms with Gasteiger partial charge < -0.3 is 9.64 Å². The van der Waals surface area contributed by atoms with E-state index < -0.39 is 0 Å². The second kappa shape index (κ2) is 9.55. The number of aryl methyl sites for hydroxylation is 1. The number of hydrogen-bond donors (Lipinski definition) is 0. The van der Waals surface area contributed by atoms with E-state index >= 15 is 0 Å². The molecular formula is C25H34N2O2. The predicted molar refractivity (Wildman–Crippen MR) is 118 cm³/mol. The first-order chi connectivity index (χ1) is 13.8. The monoisotopic (exact) mass is 394 g/mol. The van der Waals surface area contributed by atoms with Crippen LogP contribution in [0.3, 0.4) is 0 Å². The van der Waals surface area contributed by atoms with Crippen molar-refractivity contribution in [3.8, 4) is 0 Å². The number of carbonyl (C=O) groups is 1. The Hall–Kier alpha value is -2.17. The van der Waals surface area contributed by atoms with Crippen molar-refractivity contribution >= 4 is 5.91 Å².